The highest BCUT2D eigenvalue weighted by Gasteiger charge is 2.59. The van der Waals surface area contributed by atoms with Crippen LogP contribution < -0.4 is 5.32 Å². The summed E-state index contributed by atoms with van der Waals surface area (Å²) in [5.74, 6) is -0.0721. The Kier molecular flexibility index (Phi) is 4.77. The molecule has 1 saturated heterocycles. The second-order valence-electron chi connectivity index (χ2n) is 8.35. The molecule has 128 valence electrons. The Morgan fingerprint density at radius 1 is 1.35 bits per heavy atom. The van der Waals surface area contributed by atoms with Gasteiger partial charge in [-0.05, 0) is 42.8 Å². The second kappa shape index (κ2) is 6.04. The molecule has 23 heavy (non-hydrogen) atoms. The van der Waals surface area contributed by atoms with E-state index in [4.69, 9.17) is 9.16 Å². The molecule has 1 N–H and O–H groups in total. The maximum absolute atomic E-state index is 11.3. The normalized spacial score (nSPS) is 24.9. The maximum Gasteiger partial charge on any atom is 0.221 e. The van der Waals surface area contributed by atoms with E-state index in [1.54, 1.807) is 0 Å². The molecule has 1 aromatic rings. The SMILES string of the molecule is CC(=O)Nc1cccc([C@H]2OC[C@]2(O[Si](C)(C)C)C(C)(C)C)c1. The van der Waals surface area contributed by atoms with Gasteiger partial charge in [-0.2, -0.15) is 0 Å². The number of carbonyl (C=O) groups is 1. The highest BCUT2D eigenvalue weighted by Crippen LogP contribution is 2.53. The van der Waals surface area contributed by atoms with Gasteiger partial charge in [0.05, 0.1) is 6.61 Å². The number of rotatable bonds is 4. The zero-order valence-electron chi connectivity index (χ0n) is 15.3. The molecule has 0 bridgehead atoms. The maximum atomic E-state index is 11.3. The van der Waals surface area contributed by atoms with E-state index in [9.17, 15) is 4.79 Å². The molecule has 1 heterocycles. The number of hydrogen-bond donors (Lipinski definition) is 1. The van der Waals surface area contributed by atoms with Crippen molar-refractivity contribution in [1.29, 1.82) is 0 Å². The van der Waals surface area contributed by atoms with Gasteiger partial charge in [0.2, 0.25) is 5.91 Å². The summed E-state index contributed by atoms with van der Waals surface area (Å²) < 4.78 is 12.6. The van der Waals surface area contributed by atoms with Crippen LogP contribution in [0.15, 0.2) is 24.3 Å². The molecule has 2 rings (SSSR count). The van der Waals surface area contributed by atoms with Crippen molar-refractivity contribution in [3.05, 3.63) is 29.8 Å². The summed E-state index contributed by atoms with van der Waals surface area (Å²) >= 11 is 0. The van der Waals surface area contributed by atoms with E-state index in [2.05, 4.69) is 45.7 Å². The van der Waals surface area contributed by atoms with Gasteiger partial charge in [-0.25, -0.2) is 0 Å². The summed E-state index contributed by atoms with van der Waals surface area (Å²) in [6.07, 6.45) is -0.108. The average molecular weight is 336 g/mol. The third-order valence-corrected chi connectivity index (χ3v) is 5.13. The van der Waals surface area contributed by atoms with Gasteiger partial charge in [0.1, 0.15) is 11.7 Å². The van der Waals surface area contributed by atoms with Crippen LogP contribution in [0.3, 0.4) is 0 Å². The Morgan fingerprint density at radius 3 is 2.43 bits per heavy atom. The zero-order chi connectivity index (χ0) is 17.5. The van der Waals surface area contributed by atoms with E-state index in [-0.39, 0.29) is 23.0 Å². The van der Waals surface area contributed by atoms with Gasteiger partial charge in [0.25, 0.3) is 0 Å². The summed E-state index contributed by atoms with van der Waals surface area (Å²) in [6.45, 7) is 15.4. The van der Waals surface area contributed by atoms with Gasteiger partial charge in [-0.3, -0.25) is 4.79 Å². The Labute approximate surface area is 140 Å². The zero-order valence-corrected chi connectivity index (χ0v) is 16.3. The summed E-state index contributed by atoms with van der Waals surface area (Å²) in [5.41, 5.74) is 1.48. The van der Waals surface area contributed by atoms with E-state index < -0.39 is 8.32 Å². The van der Waals surface area contributed by atoms with Gasteiger partial charge in [-0.15, -0.1) is 0 Å². The van der Waals surface area contributed by atoms with Crippen LogP contribution in [0, 0.1) is 5.41 Å². The van der Waals surface area contributed by atoms with Crippen molar-refractivity contribution in [2.75, 3.05) is 11.9 Å². The van der Waals surface area contributed by atoms with Gasteiger partial charge in [-0.1, -0.05) is 32.9 Å². The van der Waals surface area contributed by atoms with Crippen molar-refractivity contribution in [2.24, 2.45) is 5.41 Å². The van der Waals surface area contributed by atoms with Crippen molar-refractivity contribution in [2.45, 2.75) is 59.0 Å². The summed E-state index contributed by atoms with van der Waals surface area (Å²) in [6, 6.07) is 7.87. The molecule has 1 aromatic carbocycles. The fourth-order valence-corrected chi connectivity index (χ4v) is 4.62. The number of ether oxygens (including phenoxy) is 1. The smallest absolute Gasteiger partial charge is 0.221 e. The number of carbonyl (C=O) groups excluding carboxylic acids is 1. The quantitative estimate of drug-likeness (QED) is 0.832. The third kappa shape index (κ3) is 3.84. The molecule has 1 amide bonds. The standard InChI is InChI=1S/C18H29NO3Si/c1-13(20)19-15-10-8-9-14(11-15)16-18(12-21-16,17(2,3)4)22-23(5,6)7/h8-11,16H,12H2,1-7H3,(H,19,20)/t16-,18-/m1/s1. The first-order chi connectivity index (χ1) is 10.4. The molecule has 0 saturated carbocycles. The lowest BCUT2D eigenvalue weighted by atomic mass is 9.68. The molecule has 0 unspecified atom stereocenters. The molecule has 2 atom stereocenters. The van der Waals surface area contributed by atoms with E-state index in [0.717, 1.165) is 11.3 Å². The van der Waals surface area contributed by atoms with Crippen molar-refractivity contribution in [3.63, 3.8) is 0 Å². The first-order valence-electron chi connectivity index (χ1n) is 8.14. The molecule has 1 aliphatic heterocycles. The van der Waals surface area contributed by atoms with Gasteiger partial charge < -0.3 is 14.5 Å². The fourth-order valence-electron chi connectivity index (χ4n) is 3.06. The number of amides is 1. The van der Waals surface area contributed by atoms with E-state index in [0.29, 0.717) is 6.61 Å². The molecular formula is C18H29NO3Si. The van der Waals surface area contributed by atoms with Crippen LogP contribution >= 0.6 is 0 Å². The van der Waals surface area contributed by atoms with Gasteiger partial charge in [0.15, 0.2) is 8.32 Å². The lowest BCUT2D eigenvalue weighted by Crippen LogP contribution is -2.65. The van der Waals surface area contributed by atoms with Crippen LogP contribution in [0.5, 0.6) is 0 Å². The van der Waals surface area contributed by atoms with Gasteiger partial charge >= 0.3 is 0 Å². The minimum Gasteiger partial charge on any atom is -0.406 e. The fraction of sp³-hybridized carbons (Fsp3) is 0.611. The Hall–Kier alpha value is -1.17. The minimum absolute atomic E-state index is 0.0415. The molecule has 1 fully saturated rings. The number of nitrogens with one attached hydrogen (secondary N) is 1. The Morgan fingerprint density at radius 2 is 2.00 bits per heavy atom. The first-order valence-corrected chi connectivity index (χ1v) is 11.5. The first kappa shape index (κ1) is 18.2. The van der Waals surface area contributed by atoms with E-state index in [1.165, 1.54) is 6.92 Å². The van der Waals surface area contributed by atoms with Crippen LogP contribution in [0.4, 0.5) is 5.69 Å². The van der Waals surface area contributed by atoms with Crippen molar-refractivity contribution in [3.8, 4) is 0 Å². The highest BCUT2D eigenvalue weighted by molar-refractivity contribution is 6.69. The average Bonchev–Trinajstić information content (AvgIpc) is 2.31. The van der Waals surface area contributed by atoms with Gasteiger partial charge in [0, 0.05) is 12.6 Å². The molecule has 0 spiro atoms. The molecule has 5 heteroatoms. The van der Waals surface area contributed by atoms with Crippen LogP contribution in [-0.4, -0.2) is 26.4 Å². The van der Waals surface area contributed by atoms with E-state index in [1.807, 2.05) is 24.3 Å². The lowest BCUT2D eigenvalue weighted by molar-refractivity contribution is -0.274. The minimum atomic E-state index is -1.74. The predicted octanol–water partition coefficient (Wildman–Crippen LogP) is 4.35. The molecule has 1 aliphatic rings. The topological polar surface area (TPSA) is 47.6 Å². The van der Waals surface area contributed by atoms with Crippen LogP contribution in [0.1, 0.15) is 39.4 Å². The van der Waals surface area contributed by atoms with Crippen molar-refractivity contribution >= 4 is 19.9 Å². The second-order valence-corrected chi connectivity index (χ2v) is 12.8. The summed E-state index contributed by atoms with van der Waals surface area (Å²) in [5, 5.41) is 2.84. The molecule has 4 nitrogen and oxygen atoms in total. The number of hydrogen-bond acceptors (Lipinski definition) is 3. The van der Waals surface area contributed by atoms with Crippen molar-refractivity contribution in [1.82, 2.24) is 0 Å². The Bertz CT molecular complexity index is 589. The number of benzene rings is 1. The molecule has 0 radical (unpaired) electrons. The molecular weight excluding hydrogens is 306 g/mol. The monoisotopic (exact) mass is 335 g/mol. The third-order valence-electron chi connectivity index (χ3n) is 4.16. The van der Waals surface area contributed by atoms with Crippen LogP contribution in [0.25, 0.3) is 0 Å². The lowest BCUT2D eigenvalue weighted by Gasteiger charge is -2.58. The van der Waals surface area contributed by atoms with E-state index >= 15 is 0 Å². The molecule has 0 aromatic heterocycles. The number of anilines is 1. The van der Waals surface area contributed by atoms with Crippen molar-refractivity contribution < 1.29 is 14.0 Å². The predicted molar refractivity (Wildman–Crippen MR) is 96.1 cm³/mol. The summed E-state index contributed by atoms with van der Waals surface area (Å²) in [7, 11) is -1.74. The summed E-state index contributed by atoms with van der Waals surface area (Å²) in [4.78, 5) is 11.3. The molecule has 0 aliphatic carbocycles. The highest BCUT2D eigenvalue weighted by atomic mass is 28.4. The van der Waals surface area contributed by atoms with Crippen LogP contribution in [-0.2, 0) is 14.0 Å². The van der Waals surface area contributed by atoms with Crippen LogP contribution in [0.2, 0.25) is 19.6 Å². The Balaban J connectivity index is 2.36. The largest absolute Gasteiger partial charge is 0.406 e.